The van der Waals surface area contributed by atoms with Gasteiger partial charge in [0.2, 0.25) is 0 Å². The van der Waals surface area contributed by atoms with Gasteiger partial charge >= 0.3 is 0 Å². The first-order valence-electron chi connectivity index (χ1n) is 7.54. The number of aromatic amines is 1. The van der Waals surface area contributed by atoms with Gasteiger partial charge in [-0.3, -0.25) is 9.59 Å². The summed E-state index contributed by atoms with van der Waals surface area (Å²) in [6.07, 6.45) is 9.01. The van der Waals surface area contributed by atoms with E-state index in [0.29, 0.717) is 18.1 Å². The predicted molar refractivity (Wildman–Crippen MR) is 87.8 cm³/mol. The van der Waals surface area contributed by atoms with Crippen molar-refractivity contribution in [3.63, 3.8) is 0 Å². The Bertz CT molecular complexity index is 488. The second-order valence-electron chi connectivity index (χ2n) is 5.03. The molecule has 118 valence electrons. The zero-order valence-electron chi connectivity index (χ0n) is 12.9. The van der Waals surface area contributed by atoms with Crippen molar-refractivity contribution in [1.82, 2.24) is 15.3 Å². The molecule has 0 unspecified atom stereocenters. The Morgan fingerprint density at radius 2 is 2.00 bits per heavy atom. The van der Waals surface area contributed by atoms with E-state index < -0.39 is 0 Å². The third kappa shape index (κ3) is 7.32. The van der Waals surface area contributed by atoms with Crippen molar-refractivity contribution in [2.24, 2.45) is 0 Å². The number of hydrogen-bond acceptors (Lipinski definition) is 4. The van der Waals surface area contributed by atoms with E-state index in [2.05, 4.69) is 22.2 Å². The maximum atomic E-state index is 12.0. The molecule has 1 aromatic heterocycles. The van der Waals surface area contributed by atoms with Crippen LogP contribution >= 0.6 is 11.8 Å². The van der Waals surface area contributed by atoms with Gasteiger partial charge in [-0.1, -0.05) is 39.0 Å². The van der Waals surface area contributed by atoms with Crippen molar-refractivity contribution >= 4 is 17.7 Å². The molecular formula is C15H25N3O2S. The van der Waals surface area contributed by atoms with Crippen LogP contribution in [-0.2, 0) is 5.75 Å². The highest BCUT2D eigenvalue weighted by Gasteiger charge is 2.09. The Labute approximate surface area is 130 Å². The van der Waals surface area contributed by atoms with Crippen LogP contribution in [0.5, 0.6) is 0 Å². The molecule has 0 bridgehead atoms. The van der Waals surface area contributed by atoms with E-state index in [1.165, 1.54) is 31.7 Å². The first kappa shape index (κ1) is 17.8. The molecule has 0 aromatic carbocycles. The number of H-pyrrole nitrogens is 1. The molecule has 0 aliphatic rings. The third-order valence-corrected chi connectivity index (χ3v) is 3.68. The molecule has 0 radical (unpaired) electrons. The molecule has 1 heterocycles. The molecule has 2 N–H and O–H groups in total. The summed E-state index contributed by atoms with van der Waals surface area (Å²) in [5, 5.41) is 2.83. The van der Waals surface area contributed by atoms with Gasteiger partial charge in [-0.05, 0) is 12.7 Å². The van der Waals surface area contributed by atoms with E-state index in [9.17, 15) is 9.59 Å². The number of unbranched alkanes of at least 4 members (excludes halogenated alkanes) is 5. The molecule has 0 atom stereocenters. The van der Waals surface area contributed by atoms with Crippen LogP contribution in [0.2, 0.25) is 0 Å². The van der Waals surface area contributed by atoms with E-state index in [1.807, 2.05) is 6.26 Å². The summed E-state index contributed by atoms with van der Waals surface area (Å²) >= 11 is 1.55. The van der Waals surface area contributed by atoms with Gasteiger partial charge in [-0.15, -0.1) is 0 Å². The zero-order valence-corrected chi connectivity index (χ0v) is 13.7. The average molecular weight is 311 g/mol. The molecule has 1 aromatic rings. The largest absolute Gasteiger partial charge is 0.351 e. The van der Waals surface area contributed by atoms with Crippen LogP contribution in [0, 0.1) is 0 Å². The molecule has 0 saturated carbocycles. The maximum Gasteiger partial charge on any atom is 0.270 e. The molecule has 1 amide bonds. The number of carbonyl (C=O) groups excluding carboxylic acids is 1. The quantitative estimate of drug-likeness (QED) is 0.652. The molecule has 0 saturated heterocycles. The Hall–Kier alpha value is -1.30. The van der Waals surface area contributed by atoms with Crippen molar-refractivity contribution in [1.29, 1.82) is 0 Å². The summed E-state index contributed by atoms with van der Waals surface area (Å²) in [5.74, 6) is 0.866. The Morgan fingerprint density at radius 3 is 2.71 bits per heavy atom. The van der Waals surface area contributed by atoms with E-state index in [0.717, 1.165) is 12.8 Å². The molecule has 0 aliphatic heterocycles. The molecule has 0 aliphatic carbocycles. The van der Waals surface area contributed by atoms with Gasteiger partial charge in [0, 0.05) is 12.6 Å². The standard InChI is InChI=1S/C15H25N3O2S/c1-3-4-5-6-7-8-9-16-15(20)12-10-14(19)18-13(17-12)11-21-2/h10H,3-9,11H2,1-2H3,(H,16,20)(H,17,18,19). The van der Waals surface area contributed by atoms with Crippen molar-refractivity contribution in [3.8, 4) is 0 Å². The van der Waals surface area contributed by atoms with E-state index in [-0.39, 0.29) is 17.2 Å². The van der Waals surface area contributed by atoms with Crippen molar-refractivity contribution in [3.05, 3.63) is 27.9 Å². The summed E-state index contributed by atoms with van der Waals surface area (Å²) in [6.45, 7) is 2.83. The summed E-state index contributed by atoms with van der Waals surface area (Å²) in [6, 6.07) is 1.25. The number of carbonyl (C=O) groups is 1. The Kier molecular flexibility index (Phi) is 8.82. The lowest BCUT2D eigenvalue weighted by Gasteiger charge is -2.06. The van der Waals surface area contributed by atoms with Crippen molar-refractivity contribution in [2.45, 2.75) is 51.2 Å². The molecule has 0 fully saturated rings. The SMILES string of the molecule is CCCCCCCCNC(=O)c1cc(=O)[nH]c(CSC)n1. The highest BCUT2D eigenvalue weighted by Crippen LogP contribution is 2.05. The highest BCUT2D eigenvalue weighted by molar-refractivity contribution is 7.97. The number of amides is 1. The van der Waals surface area contributed by atoms with Gasteiger partial charge in [0.1, 0.15) is 11.5 Å². The fourth-order valence-corrected chi connectivity index (χ4v) is 2.44. The van der Waals surface area contributed by atoms with Crippen LogP contribution in [0.4, 0.5) is 0 Å². The van der Waals surface area contributed by atoms with Crippen LogP contribution in [0.1, 0.15) is 61.8 Å². The molecule has 1 rings (SSSR count). The average Bonchev–Trinajstić information content (AvgIpc) is 2.46. The second-order valence-corrected chi connectivity index (χ2v) is 5.90. The third-order valence-electron chi connectivity index (χ3n) is 3.12. The second kappa shape index (κ2) is 10.4. The van der Waals surface area contributed by atoms with Crippen molar-refractivity contribution in [2.75, 3.05) is 12.8 Å². The normalized spacial score (nSPS) is 10.6. The predicted octanol–water partition coefficient (Wildman–Crippen LogP) is 2.72. The number of thioether (sulfide) groups is 1. The molecular weight excluding hydrogens is 286 g/mol. The highest BCUT2D eigenvalue weighted by atomic mass is 32.2. The first-order valence-corrected chi connectivity index (χ1v) is 8.94. The first-order chi connectivity index (χ1) is 10.2. The smallest absolute Gasteiger partial charge is 0.270 e. The number of nitrogens with zero attached hydrogens (tertiary/aromatic N) is 1. The number of aromatic nitrogens is 2. The Balaban J connectivity index is 2.36. The van der Waals surface area contributed by atoms with Crippen LogP contribution in [0.15, 0.2) is 10.9 Å². The lowest BCUT2D eigenvalue weighted by molar-refractivity contribution is 0.0947. The zero-order chi connectivity index (χ0) is 15.5. The summed E-state index contributed by atoms with van der Waals surface area (Å²) < 4.78 is 0. The van der Waals surface area contributed by atoms with Gasteiger partial charge in [0.25, 0.3) is 11.5 Å². The van der Waals surface area contributed by atoms with Gasteiger partial charge in [-0.2, -0.15) is 11.8 Å². The minimum atomic E-state index is -0.279. The van der Waals surface area contributed by atoms with Crippen LogP contribution < -0.4 is 10.9 Å². The van der Waals surface area contributed by atoms with E-state index >= 15 is 0 Å². The van der Waals surface area contributed by atoms with Crippen LogP contribution in [0.25, 0.3) is 0 Å². The minimum Gasteiger partial charge on any atom is -0.351 e. The summed E-state index contributed by atoms with van der Waals surface area (Å²) in [7, 11) is 0. The Morgan fingerprint density at radius 1 is 1.29 bits per heavy atom. The minimum absolute atomic E-state index is 0.203. The fourth-order valence-electron chi connectivity index (χ4n) is 2.03. The van der Waals surface area contributed by atoms with Crippen LogP contribution in [-0.4, -0.2) is 28.7 Å². The van der Waals surface area contributed by atoms with E-state index in [4.69, 9.17) is 0 Å². The number of nitrogens with one attached hydrogen (secondary N) is 2. The van der Waals surface area contributed by atoms with Gasteiger partial charge < -0.3 is 10.3 Å². The maximum absolute atomic E-state index is 12.0. The van der Waals surface area contributed by atoms with Crippen LogP contribution in [0.3, 0.4) is 0 Å². The lowest BCUT2D eigenvalue weighted by atomic mass is 10.1. The fraction of sp³-hybridized carbons (Fsp3) is 0.667. The molecule has 6 heteroatoms. The summed E-state index contributed by atoms with van der Waals surface area (Å²) in [5.41, 5.74) is -0.0763. The van der Waals surface area contributed by atoms with Gasteiger partial charge in [0.05, 0.1) is 5.75 Å². The lowest BCUT2D eigenvalue weighted by Crippen LogP contribution is -2.27. The van der Waals surface area contributed by atoms with E-state index in [1.54, 1.807) is 11.8 Å². The molecule has 5 nitrogen and oxygen atoms in total. The van der Waals surface area contributed by atoms with Crippen molar-refractivity contribution < 1.29 is 4.79 Å². The molecule has 21 heavy (non-hydrogen) atoms. The topological polar surface area (TPSA) is 74.8 Å². The number of hydrogen-bond donors (Lipinski definition) is 2. The van der Waals surface area contributed by atoms with Gasteiger partial charge in [-0.25, -0.2) is 4.98 Å². The number of rotatable bonds is 10. The summed E-state index contributed by atoms with van der Waals surface area (Å²) in [4.78, 5) is 30.2. The monoisotopic (exact) mass is 311 g/mol. The molecule has 0 spiro atoms. The van der Waals surface area contributed by atoms with Gasteiger partial charge in [0.15, 0.2) is 0 Å².